The molecule has 2 aromatic carbocycles. The van der Waals surface area contributed by atoms with Gasteiger partial charge in [-0.15, -0.1) is 0 Å². The van der Waals surface area contributed by atoms with Crippen molar-refractivity contribution >= 4 is 23.2 Å². The lowest BCUT2D eigenvalue weighted by Crippen LogP contribution is -2.50. The monoisotopic (exact) mass is 328 g/mol. The van der Waals surface area contributed by atoms with Gasteiger partial charge < -0.3 is 10.1 Å². The summed E-state index contributed by atoms with van der Waals surface area (Å²) in [5, 5.41) is 6.82. The molecule has 0 radical (unpaired) electrons. The highest BCUT2D eigenvalue weighted by Gasteiger charge is 2.44. The molecule has 1 amide bonds. The maximum absolute atomic E-state index is 12.5. The van der Waals surface area contributed by atoms with Gasteiger partial charge >= 0.3 is 0 Å². The Labute approximate surface area is 137 Å². The fourth-order valence-electron chi connectivity index (χ4n) is 2.41. The molecule has 3 rings (SSSR count). The third-order valence-corrected chi connectivity index (χ3v) is 3.83. The summed E-state index contributed by atoms with van der Waals surface area (Å²) in [6.45, 7) is 1.97. The van der Waals surface area contributed by atoms with E-state index in [1.165, 1.54) is 0 Å². The zero-order chi connectivity index (χ0) is 16.4. The summed E-state index contributed by atoms with van der Waals surface area (Å²) >= 11 is 5.91. The standard InChI is InChI=1S/C16H13ClN4O2/c1-10-2-4-11(5-3-10)9-16(20-21-18)15(22)19-13-8-12(17)6-7-14(13)23-16/h2-8H,9H2,1H3,(H,19,22). The topological polar surface area (TPSA) is 87.1 Å². The van der Waals surface area contributed by atoms with Crippen LogP contribution < -0.4 is 10.1 Å². The largest absolute Gasteiger partial charge is 0.469 e. The van der Waals surface area contributed by atoms with E-state index in [0.717, 1.165) is 11.1 Å². The first-order chi connectivity index (χ1) is 11.0. The van der Waals surface area contributed by atoms with Gasteiger partial charge in [0, 0.05) is 16.4 Å². The van der Waals surface area contributed by atoms with E-state index in [9.17, 15) is 4.79 Å². The summed E-state index contributed by atoms with van der Waals surface area (Å²) in [5.41, 5.74) is 9.61. The van der Waals surface area contributed by atoms with E-state index < -0.39 is 11.6 Å². The van der Waals surface area contributed by atoms with Crippen molar-refractivity contribution in [2.45, 2.75) is 19.1 Å². The Balaban J connectivity index is 2.00. The number of hydrogen-bond donors (Lipinski definition) is 1. The van der Waals surface area contributed by atoms with Crippen LogP contribution in [0.25, 0.3) is 10.4 Å². The molecule has 0 aromatic heterocycles. The molecular formula is C16H13ClN4O2. The quantitative estimate of drug-likeness (QED) is 0.519. The molecule has 116 valence electrons. The van der Waals surface area contributed by atoms with Crippen molar-refractivity contribution in [3.8, 4) is 5.75 Å². The van der Waals surface area contributed by atoms with E-state index in [-0.39, 0.29) is 6.42 Å². The highest BCUT2D eigenvalue weighted by atomic mass is 35.5. The van der Waals surface area contributed by atoms with E-state index in [4.69, 9.17) is 21.9 Å². The molecule has 0 saturated carbocycles. The second kappa shape index (κ2) is 5.83. The predicted octanol–water partition coefficient (Wildman–Crippen LogP) is 4.23. The lowest BCUT2D eigenvalue weighted by Gasteiger charge is -2.34. The van der Waals surface area contributed by atoms with Gasteiger partial charge in [-0.3, -0.25) is 4.79 Å². The maximum atomic E-state index is 12.5. The highest BCUT2D eigenvalue weighted by molar-refractivity contribution is 6.31. The van der Waals surface area contributed by atoms with Gasteiger partial charge in [0.05, 0.1) is 5.69 Å². The number of anilines is 1. The summed E-state index contributed by atoms with van der Waals surface area (Å²) in [6.07, 6.45) is 0.130. The molecule has 0 fully saturated rings. The first kappa shape index (κ1) is 15.2. The number of nitrogens with zero attached hydrogens (tertiary/aromatic N) is 3. The number of aryl methyl sites for hydroxylation is 1. The van der Waals surface area contributed by atoms with Crippen molar-refractivity contribution in [3.05, 3.63) is 69.1 Å². The predicted molar refractivity (Wildman–Crippen MR) is 87.5 cm³/mol. The van der Waals surface area contributed by atoms with Crippen LogP contribution in [0.4, 0.5) is 5.69 Å². The SMILES string of the molecule is Cc1ccc(CC2(N=[N+]=[N-])Oc3ccc(Cl)cc3NC2=O)cc1. The number of benzene rings is 2. The van der Waals surface area contributed by atoms with Gasteiger partial charge in [0.1, 0.15) is 5.75 Å². The minimum atomic E-state index is -1.66. The Morgan fingerprint density at radius 3 is 2.74 bits per heavy atom. The smallest absolute Gasteiger partial charge is 0.275 e. The number of rotatable bonds is 3. The second-order valence-corrected chi connectivity index (χ2v) is 5.77. The number of hydrogen-bond acceptors (Lipinski definition) is 3. The molecule has 0 aliphatic carbocycles. The van der Waals surface area contributed by atoms with E-state index in [1.54, 1.807) is 18.2 Å². The number of carbonyl (C=O) groups is 1. The van der Waals surface area contributed by atoms with Crippen molar-refractivity contribution in [3.63, 3.8) is 0 Å². The fraction of sp³-hybridized carbons (Fsp3) is 0.188. The van der Waals surface area contributed by atoms with Crippen LogP contribution in [0.3, 0.4) is 0 Å². The molecule has 0 spiro atoms. The highest BCUT2D eigenvalue weighted by Crippen LogP contribution is 2.37. The van der Waals surface area contributed by atoms with Crippen molar-refractivity contribution < 1.29 is 9.53 Å². The third-order valence-electron chi connectivity index (χ3n) is 3.59. The Bertz CT molecular complexity index is 815. The van der Waals surface area contributed by atoms with Crippen molar-refractivity contribution in [1.29, 1.82) is 0 Å². The Morgan fingerprint density at radius 1 is 1.30 bits per heavy atom. The number of ether oxygens (including phenoxy) is 1. The third kappa shape index (κ3) is 2.95. The van der Waals surface area contributed by atoms with E-state index in [0.29, 0.717) is 16.5 Å². The van der Waals surface area contributed by atoms with Crippen LogP contribution in [0.15, 0.2) is 47.6 Å². The van der Waals surface area contributed by atoms with Crippen molar-refractivity contribution in [2.75, 3.05) is 5.32 Å². The van der Waals surface area contributed by atoms with Gasteiger partial charge in [0.25, 0.3) is 11.6 Å². The average molecular weight is 329 g/mol. The number of carbonyl (C=O) groups excluding carboxylic acids is 1. The van der Waals surface area contributed by atoms with Gasteiger partial charge in [-0.25, -0.2) is 0 Å². The average Bonchev–Trinajstić information content (AvgIpc) is 2.51. The number of halogens is 1. The molecule has 0 saturated heterocycles. The summed E-state index contributed by atoms with van der Waals surface area (Å²) < 4.78 is 5.77. The number of azide groups is 1. The van der Waals surface area contributed by atoms with Crippen LogP contribution in [-0.4, -0.2) is 11.6 Å². The van der Waals surface area contributed by atoms with Crippen LogP contribution in [0, 0.1) is 6.92 Å². The zero-order valence-corrected chi connectivity index (χ0v) is 13.0. The molecule has 6 nitrogen and oxygen atoms in total. The summed E-state index contributed by atoms with van der Waals surface area (Å²) in [6, 6.07) is 12.5. The summed E-state index contributed by atoms with van der Waals surface area (Å²) in [5.74, 6) is -0.112. The van der Waals surface area contributed by atoms with Crippen LogP contribution in [0.1, 0.15) is 11.1 Å². The van der Waals surface area contributed by atoms with E-state index in [1.807, 2.05) is 31.2 Å². The van der Waals surface area contributed by atoms with Gasteiger partial charge in [0.15, 0.2) is 0 Å². The molecule has 1 unspecified atom stereocenters. The Hall–Kier alpha value is -2.69. The lowest BCUT2D eigenvalue weighted by molar-refractivity contribution is -0.131. The van der Waals surface area contributed by atoms with E-state index in [2.05, 4.69) is 15.3 Å². The normalized spacial score (nSPS) is 19.1. The van der Waals surface area contributed by atoms with Crippen molar-refractivity contribution in [1.82, 2.24) is 0 Å². The molecule has 1 N–H and O–H groups in total. The van der Waals surface area contributed by atoms with Gasteiger partial charge in [0.2, 0.25) is 0 Å². The van der Waals surface area contributed by atoms with Gasteiger partial charge in [-0.1, -0.05) is 41.4 Å². The maximum Gasteiger partial charge on any atom is 0.275 e. The van der Waals surface area contributed by atoms with Crippen LogP contribution in [0.5, 0.6) is 5.75 Å². The lowest BCUT2D eigenvalue weighted by atomic mass is 9.99. The zero-order valence-electron chi connectivity index (χ0n) is 12.3. The van der Waals surface area contributed by atoms with Crippen LogP contribution in [-0.2, 0) is 11.2 Å². The number of amides is 1. The molecule has 7 heteroatoms. The minimum Gasteiger partial charge on any atom is -0.469 e. The number of nitrogens with one attached hydrogen (secondary N) is 1. The Kier molecular flexibility index (Phi) is 3.86. The van der Waals surface area contributed by atoms with Gasteiger partial charge in [-0.2, -0.15) is 0 Å². The van der Waals surface area contributed by atoms with E-state index >= 15 is 0 Å². The minimum absolute atomic E-state index is 0.130. The first-order valence-electron chi connectivity index (χ1n) is 6.94. The summed E-state index contributed by atoms with van der Waals surface area (Å²) in [7, 11) is 0. The van der Waals surface area contributed by atoms with Crippen LogP contribution >= 0.6 is 11.6 Å². The molecule has 0 bridgehead atoms. The van der Waals surface area contributed by atoms with Crippen LogP contribution in [0.2, 0.25) is 5.02 Å². The molecule has 1 aliphatic rings. The first-order valence-corrected chi connectivity index (χ1v) is 7.32. The summed E-state index contributed by atoms with van der Waals surface area (Å²) in [4.78, 5) is 15.3. The molecule has 23 heavy (non-hydrogen) atoms. The fourth-order valence-corrected chi connectivity index (χ4v) is 2.58. The molecule has 2 aromatic rings. The van der Waals surface area contributed by atoms with Gasteiger partial charge in [-0.05, 0) is 41.3 Å². The molecule has 1 aliphatic heterocycles. The molecule has 1 atom stereocenters. The molecular weight excluding hydrogens is 316 g/mol. The number of fused-ring (bicyclic) bond motifs is 1. The Morgan fingerprint density at radius 2 is 2.04 bits per heavy atom. The second-order valence-electron chi connectivity index (χ2n) is 5.33. The van der Waals surface area contributed by atoms with Crippen molar-refractivity contribution in [2.24, 2.45) is 5.11 Å². The molecule has 1 heterocycles.